The zero-order valence-corrected chi connectivity index (χ0v) is 7.01. The molecule has 64 valence electrons. The molecule has 4 nitrogen and oxygen atoms in total. The monoisotopic (exact) mass is 159 g/mol. The average molecular weight is 159 g/mol. The van der Waals surface area contributed by atoms with Crippen LogP contribution in [-0.4, -0.2) is 32.0 Å². The van der Waals surface area contributed by atoms with Crippen molar-refractivity contribution < 1.29 is 14.3 Å². The van der Waals surface area contributed by atoms with Crippen molar-refractivity contribution >= 4 is 11.8 Å². The van der Waals surface area contributed by atoms with Gasteiger partial charge in [0.1, 0.15) is 11.8 Å². The van der Waals surface area contributed by atoms with Gasteiger partial charge in [0, 0.05) is 6.42 Å². The number of ether oxygens (including phenoxy) is 1. The van der Waals surface area contributed by atoms with Gasteiger partial charge in [-0.15, -0.1) is 0 Å². The van der Waals surface area contributed by atoms with Crippen molar-refractivity contribution in [2.75, 3.05) is 14.2 Å². The van der Waals surface area contributed by atoms with Crippen molar-refractivity contribution in [2.45, 2.75) is 19.4 Å². The summed E-state index contributed by atoms with van der Waals surface area (Å²) in [5.74, 6) is -0.433. The predicted octanol–water partition coefficient (Wildman–Crippen LogP) is -0.274. The molecule has 0 rings (SSSR count). The Labute approximate surface area is 65.9 Å². The predicted molar refractivity (Wildman–Crippen MR) is 40.2 cm³/mol. The zero-order valence-electron chi connectivity index (χ0n) is 7.01. The molecule has 0 aromatic rings. The summed E-state index contributed by atoms with van der Waals surface area (Å²) >= 11 is 0. The molecule has 0 radical (unpaired) electrons. The standard InChI is InChI=1S/C7H13NO3/c1-5(9)4-6(8-2)7(10)11-3/h6,8H,4H2,1-3H3/t6-/m0/s1. The van der Waals surface area contributed by atoms with Gasteiger partial charge in [0.2, 0.25) is 0 Å². The summed E-state index contributed by atoms with van der Waals surface area (Å²) in [5.41, 5.74) is 0. The smallest absolute Gasteiger partial charge is 0.323 e. The van der Waals surface area contributed by atoms with Gasteiger partial charge in [-0.05, 0) is 14.0 Å². The fraction of sp³-hybridized carbons (Fsp3) is 0.714. The van der Waals surface area contributed by atoms with E-state index in [2.05, 4.69) is 10.1 Å². The lowest BCUT2D eigenvalue weighted by atomic mass is 10.1. The third-order valence-corrected chi connectivity index (χ3v) is 1.33. The summed E-state index contributed by atoms with van der Waals surface area (Å²) in [6.45, 7) is 1.44. The highest BCUT2D eigenvalue weighted by Crippen LogP contribution is 1.94. The van der Waals surface area contributed by atoms with Crippen molar-refractivity contribution in [3.8, 4) is 0 Å². The van der Waals surface area contributed by atoms with Crippen LogP contribution in [0.5, 0.6) is 0 Å². The largest absolute Gasteiger partial charge is 0.468 e. The average Bonchev–Trinajstić information content (AvgIpc) is 1.98. The van der Waals surface area contributed by atoms with E-state index in [9.17, 15) is 9.59 Å². The van der Waals surface area contributed by atoms with E-state index in [1.54, 1.807) is 7.05 Å². The van der Waals surface area contributed by atoms with Crippen LogP contribution in [0.15, 0.2) is 0 Å². The lowest BCUT2D eigenvalue weighted by molar-refractivity contribution is -0.144. The number of esters is 1. The molecule has 4 heteroatoms. The molecule has 0 unspecified atom stereocenters. The normalized spacial score (nSPS) is 12.3. The number of ketones is 1. The van der Waals surface area contributed by atoms with Gasteiger partial charge in [0.15, 0.2) is 0 Å². The Morgan fingerprint density at radius 2 is 2.09 bits per heavy atom. The molecular weight excluding hydrogens is 146 g/mol. The molecule has 0 aliphatic heterocycles. The number of carbonyl (C=O) groups excluding carboxylic acids is 2. The van der Waals surface area contributed by atoms with Crippen molar-refractivity contribution in [1.29, 1.82) is 0 Å². The topological polar surface area (TPSA) is 55.4 Å². The Hall–Kier alpha value is -0.900. The molecule has 0 aliphatic rings. The first-order valence-corrected chi connectivity index (χ1v) is 3.36. The molecule has 0 saturated carbocycles. The van der Waals surface area contributed by atoms with Crippen LogP contribution in [0.2, 0.25) is 0 Å². The Morgan fingerprint density at radius 1 is 1.55 bits per heavy atom. The molecular formula is C7H13NO3. The molecule has 0 aromatic heterocycles. The number of nitrogens with one attached hydrogen (secondary N) is 1. The second-order valence-electron chi connectivity index (χ2n) is 2.27. The van der Waals surface area contributed by atoms with Gasteiger partial charge in [-0.1, -0.05) is 0 Å². The molecule has 0 fully saturated rings. The summed E-state index contributed by atoms with van der Waals surface area (Å²) in [5, 5.41) is 2.69. The van der Waals surface area contributed by atoms with E-state index in [0.29, 0.717) is 0 Å². The molecule has 0 saturated heterocycles. The summed E-state index contributed by atoms with van der Waals surface area (Å²) in [6.07, 6.45) is 0.184. The van der Waals surface area contributed by atoms with Gasteiger partial charge in [0.05, 0.1) is 7.11 Å². The minimum Gasteiger partial charge on any atom is -0.468 e. The van der Waals surface area contributed by atoms with Gasteiger partial charge in [-0.2, -0.15) is 0 Å². The van der Waals surface area contributed by atoms with Crippen LogP contribution in [0.3, 0.4) is 0 Å². The number of carbonyl (C=O) groups is 2. The first-order chi connectivity index (χ1) is 5.11. The van der Waals surface area contributed by atoms with E-state index in [1.807, 2.05) is 0 Å². The molecule has 1 N–H and O–H groups in total. The first kappa shape index (κ1) is 10.1. The third-order valence-electron chi connectivity index (χ3n) is 1.33. The van der Waals surface area contributed by atoms with Gasteiger partial charge in [-0.3, -0.25) is 9.59 Å². The summed E-state index contributed by atoms with van der Waals surface area (Å²) in [7, 11) is 2.91. The number of hydrogen-bond acceptors (Lipinski definition) is 4. The summed E-state index contributed by atoms with van der Waals surface area (Å²) in [4.78, 5) is 21.4. The Kier molecular flexibility index (Phi) is 4.45. The molecule has 0 bridgehead atoms. The maximum Gasteiger partial charge on any atom is 0.323 e. The Balaban J connectivity index is 3.94. The van der Waals surface area contributed by atoms with Crippen LogP contribution in [-0.2, 0) is 14.3 Å². The van der Waals surface area contributed by atoms with Crippen LogP contribution >= 0.6 is 0 Å². The van der Waals surface area contributed by atoms with Gasteiger partial charge >= 0.3 is 5.97 Å². The number of hydrogen-bond donors (Lipinski definition) is 1. The molecule has 0 heterocycles. The van der Waals surface area contributed by atoms with Gasteiger partial charge in [-0.25, -0.2) is 0 Å². The van der Waals surface area contributed by atoms with Crippen molar-refractivity contribution in [1.82, 2.24) is 5.32 Å². The highest BCUT2D eigenvalue weighted by Gasteiger charge is 2.17. The second-order valence-corrected chi connectivity index (χ2v) is 2.27. The fourth-order valence-corrected chi connectivity index (χ4v) is 0.733. The maximum atomic E-state index is 10.8. The van der Waals surface area contributed by atoms with Crippen LogP contribution in [0.4, 0.5) is 0 Å². The van der Waals surface area contributed by atoms with E-state index in [0.717, 1.165) is 0 Å². The van der Waals surface area contributed by atoms with Crippen LogP contribution in [0, 0.1) is 0 Å². The lowest BCUT2D eigenvalue weighted by Gasteiger charge is -2.10. The molecule has 11 heavy (non-hydrogen) atoms. The maximum absolute atomic E-state index is 10.8. The minimum atomic E-state index is -0.502. The molecule has 0 amide bonds. The number of rotatable bonds is 4. The fourth-order valence-electron chi connectivity index (χ4n) is 0.733. The molecule has 0 aromatic carbocycles. The zero-order chi connectivity index (χ0) is 8.85. The van der Waals surface area contributed by atoms with Crippen molar-refractivity contribution in [3.05, 3.63) is 0 Å². The van der Waals surface area contributed by atoms with Crippen LogP contribution in [0.25, 0.3) is 0 Å². The van der Waals surface area contributed by atoms with Crippen molar-refractivity contribution in [2.24, 2.45) is 0 Å². The highest BCUT2D eigenvalue weighted by molar-refractivity contribution is 5.84. The number of Topliss-reactive ketones (excluding diaryl/α,β-unsaturated/α-hetero) is 1. The second kappa shape index (κ2) is 4.85. The summed E-state index contributed by atoms with van der Waals surface area (Å²) < 4.78 is 4.45. The first-order valence-electron chi connectivity index (χ1n) is 3.36. The Bertz CT molecular complexity index is 156. The van der Waals surface area contributed by atoms with E-state index in [4.69, 9.17) is 0 Å². The van der Waals surface area contributed by atoms with Gasteiger partial charge in [0.25, 0.3) is 0 Å². The molecule has 0 spiro atoms. The highest BCUT2D eigenvalue weighted by atomic mass is 16.5. The number of likely N-dealkylation sites (N-methyl/N-ethyl adjacent to an activating group) is 1. The van der Waals surface area contributed by atoms with E-state index < -0.39 is 12.0 Å². The van der Waals surface area contributed by atoms with E-state index >= 15 is 0 Å². The van der Waals surface area contributed by atoms with Crippen LogP contribution in [0.1, 0.15) is 13.3 Å². The van der Waals surface area contributed by atoms with Crippen molar-refractivity contribution in [3.63, 3.8) is 0 Å². The van der Waals surface area contributed by atoms with Gasteiger partial charge < -0.3 is 10.1 Å². The Morgan fingerprint density at radius 3 is 2.36 bits per heavy atom. The molecule has 0 aliphatic carbocycles. The van der Waals surface area contributed by atoms with E-state index in [1.165, 1.54) is 14.0 Å². The minimum absolute atomic E-state index is 0.0326. The quantitative estimate of drug-likeness (QED) is 0.573. The lowest BCUT2D eigenvalue weighted by Crippen LogP contribution is -2.36. The third kappa shape index (κ3) is 3.72. The number of methoxy groups -OCH3 is 1. The SMILES string of the molecule is CN[C@@H](CC(C)=O)C(=O)OC. The summed E-state index contributed by atoms with van der Waals surface area (Å²) in [6, 6.07) is -0.502. The van der Waals surface area contributed by atoms with Crippen LogP contribution < -0.4 is 5.32 Å². The molecule has 1 atom stereocenters. The van der Waals surface area contributed by atoms with E-state index in [-0.39, 0.29) is 12.2 Å².